The molecule has 2 aliphatic rings. The molecule has 0 saturated heterocycles. The monoisotopic (exact) mass is 151 g/mol. The van der Waals surface area contributed by atoms with Crippen molar-refractivity contribution in [2.75, 3.05) is 0 Å². The molecule has 3 atom stereocenters. The molecule has 1 amide bonds. The highest BCUT2D eigenvalue weighted by atomic mass is 16.1. The van der Waals surface area contributed by atoms with Crippen molar-refractivity contribution in [2.24, 2.45) is 23.5 Å². The van der Waals surface area contributed by atoms with Crippen LogP contribution in [0.2, 0.25) is 0 Å². The lowest BCUT2D eigenvalue weighted by Gasteiger charge is -2.15. The summed E-state index contributed by atoms with van der Waals surface area (Å²) in [7, 11) is 0. The van der Waals surface area contributed by atoms with Gasteiger partial charge in [0.25, 0.3) is 0 Å². The Hall–Kier alpha value is -0.790. The smallest absolute Gasteiger partial charge is 0.217 e. The zero-order chi connectivity index (χ0) is 7.84. The van der Waals surface area contributed by atoms with Crippen LogP contribution in [-0.2, 0) is 4.79 Å². The van der Waals surface area contributed by atoms with Gasteiger partial charge in [-0.15, -0.1) is 0 Å². The average Bonchev–Trinajstić information content (AvgIpc) is 2.45. The number of hydrogen-bond acceptors (Lipinski definition) is 1. The third-order valence-electron chi connectivity index (χ3n) is 2.88. The van der Waals surface area contributed by atoms with Gasteiger partial charge >= 0.3 is 0 Å². The highest BCUT2D eigenvalue weighted by Gasteiger charge is 2.35. The van der Waals surface area contributed by atoms with Crippen LogP contribution in [0.3, 0.4) is 0 Å². The zero-order valence-corrected chi connectivity index (χ0v) is 6.49. The highest BCUT2D eigenvalue weighted by Crippen LogP contribution is 2.44. The Morgan fingerprint density at radius 1 is 1.45 bits per heavy atom. The molecule has 11 heavy (non-hydrogen) atoms. The van der Waals surface area contributed by atoms with Gasteiger partial charge < -0.3 is 5.73 Å². The molecule has 2 rings (SSSR count). The highest BCUT2D eigenvalue weighted by molar-refractivity contribution is 5.74. The molecule has 0 spiro atoms. The second-order valence-electron chi connectivity index (χ2n) is 3.71. The van der Waals surface area contributed by atoms with E-state index in [1.165, 1.54) is 12.8 Å². The van der Waals surface area contributed by atoms with Gasteiger partial charge in [-0.25, -0.2) is 0 Å². The van der Waals surface area contributed by atoms with Gasteiger partial charge in [0.2, 0.25) is 5.91 Å². The van der Waals surface area contributed by atoms with E-state index in [9.17, 15) is 4.79 Å². The predicted octanol–water partition coefficient (Wildman–Crippen LogP) is 1.07. The number of nitrogens with two attached hydrogens (primary N) is 1. The number of allylic oxidation sites excluding steroid dienone is 2. The molecule has 2 nitrogen and oxygen atoms in total. The van der Waals surface area contributed by atoms with Crippen molar-refractivity contribution in [2.45, 2.75) is 19.3 Å². The molecular formula is C9H13NO. The van der Waals surface area contributed by atoms with Crippen LogP contribution >= 0.6 is 0 Å². The fourth-order valence-electron chi connectivity index (χ4n) is 2.39. The molecule has 0 aromatic heterocycles. The van der Waals surface area contributed by atoms with Crippen LogP contribution in [0, 0.1) is 17.8 Å². The summed E-state index contributed by atoms with van der Waals surface area (Å²) < 4.78 is 0. The van der Waals surface area contributed by atoms with Crippen molar-refractivity contribution in [3.63, 3.8) is 0 Å². The van der Waals surface area contributed by atoms with E-state index in [2.05, 4.69) is 12.2 Å². The maximum Gasteiger partial charge on any atom is 0.217 e. The van der Waals surface area contributed by atoms with Crippen LogP contribution in [0.5, 0.6) is 0 Å². The fraction of sp³-hybridized carbons (Fsp3) is 0.667. The first kappa shape index (κ1) is 6.89. The molecule has 0 radical (unpaired) electrons. The van der Waals surface area contributed by atoms with Gasteiger partial charge in [-0.1, -0.05) is 12.2 Å². The van der Waals surface area contributed by atoms with E-state index in [0.717, 1.165) is 5.92 Å². The zero-order valence-electron chi connectivity index (χ0n) is 6.49. The van der Waals surface area contributed by atoms with Crippen LogP contribution in [-0.4, -0.2) is 5.91 Å². The van der Waals surface area contributed by atoms with Crippen molar-refractivity contribution in [3.05, 3.63) is 12.2 Å². The van der Waals surface area contributed by atoms with Gasteiger partial charge in [0.15, 0.2) is 0 Å². The van der Waals surface area contributed by atoms with Crippen LogP contribution in [0.1, 0.15) is 19.3 Å². The molecule has 0 heterocycles. The first-order chi connectivity index (χ1) is 5.25. The van der Waals surface area contributed by atoms with E-state index in [0.29, 0.717) is 18.3 Å². The van der Waals surface area contributed by atoms with Crippen LogP contribution in [0.25, 0.3) is 0 Å². The van der Waals surface area contributed by atoms with Gasteiger partial charge in [0.05, 0.1) is 0 Å². The van der Waals surface area contributed by atoms with E-state index in [4.69, 9.17) is 5.73 Å². The first-order valence-corrected chi connectivity index (χ1v) is 4.22. The molecule has 0 aliphatic heterocycles. The summed E-state index contributed by atoms with van der Waals surface area (Å²) in [6.45, 7) is 0. The van der Waals surface area contributed by atoms with Crippen molar-refractivity contribution < 1.29 is 4.79 Å². The number of amides is 1. The minimum atomic E-state index is -0.143. The molecule has 0 aromatic carbocycles. The van der Waals surface area contributed by atoms with E-state index in [1.807, 2.05) is 0 Å². The Morgan fingerprint density at radius 2 is 2.27 bits per heavy atom. The number of fused-ring (bicyclic) bond motifs is 2. The first-order valence-electron chi connectivity index (χ1n) is 4.22. The lowest BCUT2D eigenvalue weighted by Crippen LogP contribution is -2.18. The minimum Gasteiger partial charge on any atom is -0.370 e. The number of carbonyl (C=O) groups is 1. The normalized spacial score (nSPS) is 39.8. The average molecular weight is 151 g/mol. The third-order valence-corrected chi connectivity index (χ3v) is 2.88. The quantitative estimate of drug-likeness (QED) is 0.589. The number of carbonyl (C=O) groups excluding carboxylic acids is 1. The Morgan fingerprint density at radius 3 is 2.73 bits per heavy atom. The second-order valence-corrected chi connectivity index (χ2v) is 3.71. The summed E-state index contributed by atoms with van der Waals surface area (Å²) in [4.78, 5) is 10.6. The maximum atomic E-state index is 10.6. The van der Waals surface area contributed by atoms with E-state index >= 15 is 0 Å². The SMILES string of the molecule is NC(=O)C[C@H]1C[C@H]2C=C[C@H]1C2. The maximum absolute atomic E-state index is 10.6. The molecule has 2 aliphatic carbocycles. The van der Waals surface area contributed by atoms with E-state index in [1.54, 1.807) is 0 Å². The summed E-state index contributed by atoms with van der Waals surface area (Å²) in [6, 6.07) is 0. The molecule has 0 aromatic rings. The Balaban J connectivity index is 1.98. The van der Waals surface area contributed by atoms with E-state index in [-0.39, 0.29) is 5.91 Å². The number of hydrogen-bond donors (Lipinski definition) is 1. The van der Waals surface area contributed by atoms with Gasteiger partial charge in [0.1, 0.15) is 0 Å². The van der Waals surface area contributed by atoms with Crippen molar-refractivity contribution >= 4 is 5.91 Å². The molecular weight excluding hydrogens is 138 g/mol. The molecule has 2 heteroatoms. The minimum absolute atomic E-state index is 0.143. The lowest BCUT2D eigenvalue weighted by molar-refractivity contribution is -0.119. The summed E-state index contributed by atoms with van der Waals surface area (Å²) >= 11 is 0. The topological polar surface area (TPSA) is 43.1 Å². The summed E-state index contributed by atoms with van der Waals surface area (Å²) in [5, 5.41) is 0. The lowest BCUT2D eigenvalue weighted by atomic mass is 9.90. The van der Waals surface area contributed by atoms with Gasteiger partial charge in [0, 0.05) is 6.42 Å². The molecule has 1 saturated carbocycles. The largest absolute Gasteiger partial charge is 0.370 e. The molecule has 60 valence electrons. The molecule has 1 fully saturated rings. The standard InChI is InChI=1S/C9H13NO/c10-9(11)5-8-4-6-1-2-7(8)3-6/h1-2,6-8H,3-5H2,(H2,10,11)/t6-,7-,8+/m0/s1. The number of rotatable bonds is 2. The van der Waals surface area contributed by atoms with Gasteiger partial charge in [-0.3, -0.25) is 4.79 Å². The van der Waals surface area contributed by atoms with Crippen LogP contribution in [0.4, 0.5) is 0 Å². The predicted molar refractivity (Wildman–Crippen MR) is 42.7 cm³/mol. The van der Waals surface area contributed by atoms with Gasteiger partial charge in [-0.2, -0.15) is 0 Å². The van der Waals surface area contributed by atoms with Crippen molar-refractivity contribution in [1.82, 2.24) is 0 Å². The number of primary amides is 1. The summed E-state index contributed by atoms with van der Waals surface area (Å²) in [5.74, 6) is 1.83. The summed E-state index contributed by atoms with van der Waals surface area (Å²) in [5.41, 5.74) is 5.14. The Kier molecular flexibility index (Phi) is 1.48. The summed E-state index contributed by atoms with van der Waals surface area (Å²) in [6.07, 6.45) is 7.57. The van der Waals surface area contributed by atoms with Crippen molar-refractivity contribution in [3.8, 4) is 0 Å². The molecule has 2 bridgehead atoms. The van der Waals surface area contributed by atoms with E-state index < -0.39 is 0 Å². The Bertz CT molecular complexity index is 210. The Labute approximate surface area is 66.5 Å². The van der Waals surface area contributed by atoms with Crippen molar-refractivity contribution in [1.29, 1.82) is 0 Å². The van der Waals surface area contributed by atoms with Gasteiger partial charge in [-0.05, 0) is 30.6 Å². The third kappa shape index (κ3) is 1.17. The van der Waals surface area contributed by atoms with Crippen LogP contribution < -0.4 is 5.73 Å². The van der Waals surface area contributed by atoms with Crippen LogP contribution in [0.15, 0.2) is 12.2 Å². The fourth-order valence-corrected chi connectivity index (χ4v) is 2.39. The molecule has 0 unspecified atom stereocenters. The molecule has 2 N–H and O–H groups in total. The second kappa shape index (κ2) is 2.36.